The van der Waals surface area contributed by atoms with E-state index in [1.165, 1.54) is 0 Å². The number of carbonyl (C=O) groups is 2. The van der Waals surface area contributed by atoms with Gasteiger partial charge in [-0.3, -0.25) is 9.59 Å². The lowest BCUT2D eigenvalue weighted by molar-refractivity contribution is -0.128. The molecule has 0 bridgehead atoms. The number of benzene rings is 3. The average molecular weight is 465 g/mol. The zero-order chi connectivity index (χ0) is 20.9. The van der Waals surface area contributed by atoms with Crippen LogP contribution < -0.4 is 10.1 Å². The first-order valence-electron chi connectivity index (χ1n) is 9.73. The summed E-state index contributed by atoms with van der Waals surface area (Å²) in [6, 6.07) is 24.6. The number of likely N-dealkylation sites (tertiary alicyclic amines) is 1. The van der Waals surface area contributed by atoms with Gasteiger partial charge in [-0.05, 0) is 54.1 Å². The molecule has 30 heavy (non-hydrogen) atoms. The number of ether oxygens (including phenoxy) is 1. The largest absolute Gasteiger partial charge is 0.457 e. The van der Waals surface area contributed by atoms with E-state index in [1.54, 1.807) is 29.2 Å². The molecule has 0 saturated carbocycles. The quantitative estimate of drug-likeness (QED) is 0.543. The van der Waals surface area contributed by atoms with Crippen molar-refractivity contribution in [1.82, 2.24) is 4.90 Å². The molecule has 3 aromatic rings. The normalized spacial score (nSPS) is 15.8. The summed E-state index contributed by atoms with van der Waals surface area (Å²) in [5.41, 5.74) is 1.74. The lowest BCUT2D eigenvalue weighted by atomic mass is 10.1. The first-order valence-corrected chi connectivity index (χ1v) is 10.5. The fourth-order valence-electron chi connectivity index (χ4n) is 3.39. The van der Waals surface area contributed by atoms with Gasteiger partial charge in [-0.25, -0.2) is 0 Å². The summed E-state index contributed by atoms with van der Waals surface area (Å²) in [7, 11) is 0. The van der Waals surface area contributed by atoms with Crippen LogP contribution in [0.2, 0.25) is 0 Å². The maximum Gasteiger partial charge on any atom is 0.229 e. The van der Waals surface area contributed by atoms with Crippen LogP contribution in [0.4, 0.5) is 5.69 Å². The second-order valence-corrected chi connectivity index (χ2v) is 8.15. The molecular formula is C24H21BrN2O3. The lowest BCUT2D eigenvalue weighted by Gasteiger charge is -2.16. The Morgan fingerprint density at radius 3 is 2.27 bits per heavy atom. The molecule has 1 unspecified atom stereocenters. The Morgan fingerprint density at radius 2 is 1.60 bits per heavy atom. The highest BCUT2D eigenvalue weighted by Crippen LogP contribution is 2.26. The molecule has 6 heteroatoms. The van der Waals surface area contributed by atoms with Crippen LogP contribution in [0.3, 0.4) is 0 Å². The molecule has 0 radical (unpaired) electrons. The standard InChI is InChI=1S/C24H21BrN2O3/c25-19-6-10-21(11-7-19)30-22-12-8-20(9-13-22)26-24(29)18-14-23(28)27(16-18)15-17-4-2-1-3-5-17/h1-13,18H,14-16H2,(H,26,29). The maximum atomic E-state index is 12.6. The molecule has 3 aromatic carbocycles. The lowest BCUT2D eigenvalue weighted by Crippen LogP contribution is -2.28. The summed E-state index contributed by atoms with van der Waals surface area (Å²) >= 11 is 3.40. The molecule has 1 aliphatic rings. The summed E-state index contributed by atoms with van der Waals surface area (Å²) in [6.07, 6.45) is 0.240. The highest BCUT2D eigenvalue weighted by molar-refractivity contribution is 9.10. The van der Waals surface area contributed by atoms with Crippen molar-refractivity contribution >= 4 is 33.4 Å². The molecule has 1 N–H and O–H groups in total. The summed E-state index contributed by atoms with van der Waals surface area (Å²) < 4.78 is 6.78. The van der Waals surface area contributed by atoms with Gasteiger partial charge in [-0.2, -0.15) is 0 Å². The van der Waals surface area contributed by atoms with E-state index in [0.29, 0.717) is 24.5 Å². The van der Waals surface area contributed by atoms with Gasteiger partial charge >= 0.3 is 0 Å². The van der Waals surface area contributed by atoms with E-state index in [9.17, 15) is 9.59 Å². The molecule has 1 atom stereocenters. The van der Waals surface area contributed by atoms with Gasteiger partial charge in [0.05, 0.1) is 5.92 Å². The zero-order valence-electron chi connectivity index (χ0n) is 16.3. The number of amides is 2. The first kappa shape index (κ1) is 20.2. The van der Waals surface area contributed by atoms with E-state index >= 15 is 0 Å². The van der Waals surface area contributed by atoms with Gasteiger partial charge in [0, 0.05) is 29.7 Å². The maximum absolute atomic E-state index is 12.6. The molecule has 2 amide bonds. The van der Waals surface area contributed by atoms with Crippen molar-refractivity contribution in [2.24, 2.45) is 5.92 Å². The second kappa shape index (κ2) is 9.13. The summed E-state index contributed by atoms with van der Waals surface area (Å²) in [5, 5.41) is 2.91. The van der Waals surface area contributed by atoms with E-state index in [0.717, 1.165) is 15.8 Å². The van der Waals surface area contributed by atoms with E-state index < -0.39 is 0 Å². The fourth-order valence-corrected chi connectivity index (χ4v) is 3.66. The highest BCUT2D eigenvalue weighted by atomic mass is 79.9. The SMILES string of the molecule is O=C(Nc1ccc(Oc2ccc(Br)cc2)cc1)C1CC(=O)N(Cc2ccccc2)C1. The Balaban J connectivity index is 1.32. The molecule has 1 fully saturated rings. The number of hydrogen-bond acceptors (Lipinski definition) is 3. The van der Waals surface area contributed by atoms with Crippen molar-refractivity contribution in [3.63, 3.8) is 0 Å². The van der Waals surface area contributed by atoms with Gasteiger partial charge in [-0.1, -0.05) is 46.3 Å². The summed E-state index contributed by atoms with van der Waals surface area (Å²) in [5.74, 6) is 0.941. The van der Waals surface area contributed by atoms with Crippen molar-refractivity contribution in [2.45, 2.75) is 13.0 Å². The number of nitrogens with one attached hydrogen (secondary N) is 1. The minimum atomic E-state index is -0.347. The molecule has 1 saturated heterocycles. The van der Waals surface area contributed by atoms with Gasteiger partial charge in [-0.15, -0.1) is 0 Å². The zero-order valence-corrected chi connectivity index (χ0v) is 17.8. The second-order valence-electron chi connectivity index (χ2n) is 7.23. The van der Waals surface area contributed by atoms with Crippen molar-refractivity contribution in [3.8, 4) is 11.5 Å². The third-order valence-corrected chi connectivity index (χ3v) is 5.50. The van der Waals surface area contributed by atoms with E-state index in [4.69, 9.17) is 4.74 Å². The minimum Gasteiger partial charge on any atom is -0.457 e. The minimum absolute atomic E-state index is 0.0113. The van der Waals surface area contributed by atoms with E-state index in [-0.39, 0.29) is 24.2 Å². The third kappa shape index (κ3) is 5.07. The van der Waals surface area contributed by atoms with Crippen LogP contribution in [0.1, 0.15) is 12.0 Å². The Hall–Kier alpha value is -3.12. The number of halogens is 1. The highest BCUT2D eigenvalue weighted by Gasteiger charge is 2.34. The molecule has 1 heterocycles. The predicted octanol–water partition coefficient (Wildman–Crippen LogP) is 5.23. The van der Waals surface area contributed by atoms with E-state index in [1.807, 2.05) is 54.6 Å². The van der Waals surface area contributed by atoms with Crippen LogP contribution in [0, 0.1) is 5.92 Å². The van der Waals surface area contributed by atoms with Crippen LogP contribution in [-0.4, -0.2) is 23.3 Å². The van der Waals surface area contributed by atoms with Gasteiger partial charge in [0.2, 0.25) is 11.8 Å². The molecule has 0 aliphatic carbocycles. The molecule has 0 spiro atoms. The van der Waals surface area contributed by atoms with Crippen LogP contribution in [-0.2, 0) is 16.1 Å². The number of rotatable bonds is 6. The van der Waals surface area contributed by atoms with Crippen LogP contribution >= 0.6 is 15.9 Å². The molecular weight excluding hydrogens is 444 g/mol. The molecule has 1 aliphatic heterocycles. The van der Waals surface area contributed by atoms with Crippen LogP contribution in [0.15, 0.2) is 83.3 Å². The van der Waals surface area contributed by atoms with Crippen LogP contribution in [0.25, 0.3) is 0 Å². The topological polar surface area (TPSA) is 58.6 Å². The van der Waals surface area contributed by atoms with Gasteiger partial charge in [0.25, 0.3) is 0 Å². The Labute approximate surface area is 183 Å². The number of anilines is 1. The first-order chi connectivity index (χ1) is 14.6. The predicted molar refractivity (Wildman–Crippen MR) is 119 cm³/mol. The Bertz CT molecular complexity index is 1020. The Kier molecular flexibility index (Phi) is 6.14. The number of nitrogens with zero attached hydrogens (tertiary/aromatic N) is 1. The van der Waals surface area contributed by atoms with E-state index in [2.05, 4.69) is 21.2 Å². The smallest absolute Gasteiger partial charge is 0.229 e. The Morgan fingerprint density at radius 1 is 0.967 bits per heavy atom. The monoisotopic (exact) mass is 464 g/mol. The van der Waals surface area contributed by atoms with Gasteiger partial charge in [0.1, 0.15) is 11.5 Å². The molecule has 5 nitrogen and oxygen atoms in total. The molecule has 0 aromatic heterocycles. The fraction of sp³-hybridized carbons (Fsp3) is 0.167. The van der Waals surface area contributed by atoms with Crippen molar-refractivity contribution < 1.29 is 14.3 Å². The summed E-state index contributed by atoms with van der Waals surface area (Å²) in [6.45, 7) is 0.968. The summed E-state index contributed by atoms with van der Waals surface area (Å²) in [4.78, 5) is 26.7. The van der Waals surface area contributed by atoms with Crippen molar-refractivity contribution in [3.05, 3.63) is 88.9 Å². The molecule has 152 valence electrons. The number of carbonyl (C=O) groups excluding carboxylic acids is 2. The average Bonchev–Trinajstić information content (AvgIpc) is 3.12. The third-order valence-electron chi connectivity index (χ3n) is 4.97. The van der Waals surface area contributed by atoms with Crippen molar-refractivity contribution in [1.29, 1.82) is 0 Å². The molecule has 4 rings (SSSR count). The van der Waals surface area contributed by atoms with Crippen LogP contribution in [0.5, 0.6) is 11.5 Å². The number of hydrogen-bond donors (Lipinski definition) is 1. The van der Waals surface area contributed by atoms with Gasteiger partial charge < -0.3 is 15.0 Å². The van der Waals surface area contributed by atoms with Gasteiger partial charge in [0.15, 0.2) is 0 Å². The van der Waals surface area contributed by atoms with Crippen molar-refractivity contribution in [2.75, 3.05) is 11.9 Å².